The Labute approximate surface area is 249 Å². The van der Waals surface area contributed by atoms with Crippen molar-refractivity contribution in [2.75, 3.05) is 7.11 Å². The molecule has 1 aliphatic rings. The van der Waals surface area contributed by atoms with Gasteiger partial charge in [0.1, 0.15) is 46.2 Å². The van der Waals surface area contributed by atoms with Crippen molar-refractivity contribution in [2.24, 2.45) is 0 Å². The minimum atomic E-state index is -0.656. The van der Waals surface area contributed by atoms with Crippen LogP contribution in [0, 0.1) is 0 Å². The predicted molar refractivity (Wildman–Crippen MR) is 161 cm³/mol. The van der Waals surface area contributed by atoms with Crippen LogP contribution in [0.15, 0.2) is 91.0 Å². The van der Waals surface area contributed by atoms with Gasteiger partial charge in [0.2, 0.25) is 0 Å². The van der Waals surface area contributed by atoms with Gasteiger partial charge in [-0.1, -0.05) is 48.6 Å². The molecule has 0 bridgehead atoms. The Kier molecular flexibility index (Phi) is 8.87. The molecule has 0 aliphatic carbocycles. The standard InChI is InChI=1S/C35H34O8/c1-42-32-20-29(40)33(35-34(32)30(41)19-31(43-35)23-10-17-27(39)18-11-23)28(22-8-15-26(38)16-9-22)4-2-3-24(36)12-5-21-6-13-25(37)14-7-21/h2,4,6-11,13-18,20,24,28,31,36-40H,3,5,12,19H2,1H3/b4-2+. The maximum absolute atomic E-state index is 13.5. The highest BCUT2D eigenvalue weighted by atomic mass is 16.5. The van der Waals surface area contributed by atoms with Gasteiger partial charge in [0.25, 0.3) is 0 Å². The molecule has 0 saturated carbocycles. The average molecular weight is 583 g/mol. The molecule has 0 aromatic heterocycles. The van der Waals surface area contributed by atoms with E-state index in [0.29, 0.717) is 30.4 Å². The number of phenolic OH excluding ortho intramolecular Hbond substituents is 4. The lowest BCUT2D eigenvalue weighted by Gasteiger charge is -2.31. The van der Waals surface area contributed by atoms with Crippen LogP contribution in [0.4, 0.5) is 0 Å². The maximum Gasteiger partial charge on any atom is 0.174 e. The van der Waals surface area contributed by atoms with Gasteiger partial charge >= 0.3 is 0 Å². The third-order valence-corrected chi connectivity index (χ3v) is 7.66. The number of methoxy groups -OCH3 is 1. The van der Waals surface area contributed by atoms with Crippen LogP contribution in [0.1, 0.15) is 63.9 Å². The molecule has 8 heteroatoms. The molecular formula is C35H34O8. The molecule has 5 rings (SSSR count). The van der Waals surface area contributed by atoms with Gasteiger partial charge in [-0.05, 0) is 72.4 Å². The molecule has 0 spiro atoms. The summed E-state index contributed by atoms with van der Waals surface area (Å²) in [6.07, 6.45) is 3.91. The molecule has 0 radical (unpaired) electrons. The van der Waals surface area contributed by atoms with Gasteiger partial charge in [0, 0.05) is 17.5 Å². The quantitative estimate of drug-likeness (QED) is 0.138. The fourth-order valence-electron chi connectivity index (χ4n) is 5.36. The third kappa shape index (κ3) is 6.76. The van der Waals surface area contributed by atoms with Gasteiger partial charge in [-0.3, -0.25) is 4.79 Å². The van der Waals surface area contributed by atoms with Crippen LogP contribution in [0.5, 0.6) is 34.5 Å². The molecule has 1 aliphatic heterocycles. The molecule has 43 heavy (non-hydrogen) atoms. The smallest absolute Gasteiger partial charge is 0.174 e. The summed E-state index contributed by atoms with van der Waals surface area (Å²) in [6.45, 7) is 0. The van der Waals surface area contributed by atoms with Crippen molar-refractivity contribution in [3.8, 4) is 34.5 Å². The van der Waals surface area contributed by atoms with Crippen molar-refractivity contribution < 1.29 is 39.8 Å². The summed E-state index contributed by atoms with van der Waals surface area (Å²) in [4.78, 5) is 13.5. The van der Waals surface area contributed by atoms with Gasteiger partial charge in [0.05, 0.1) is 19.6 Å². The van der Waals surface area contributed by atoms with E-state index in [4.69, 9.17) is 9.47 Å². The first-order valence-corrected chi connectivity index (χ1v) is 14.1. The average Bonchev–Trinajstić information content (AvgIpc) is 3.00. The minimum Gasteiger partial charge on any atom is -0.508 e. The normalized spacial score (nSPS) is 16.0. The van der Waals surface area contributed by atoms with Crippen LogP contribution in [-0.2, 0) is 6.42 Å². The highest BCUT2D eigenvalue weighted by molar-refractivity contribution is 6.03. The number of ketones is 1. The minimum absolute atomic E-state index is 0.0469. The number of fused-ring (bicyclic) bond motifs is 1. The third-order valence-electron chi connectivity index (χ3n) is 7.66. The molecule has 222 valence electrons. The van der Waals surface area contributed by atoms with E-state index in [2.05, 4.69) is 0 Å². The second kappa shape index (κ2) is 12.9. The molecule has 3 atom stereocenters. The summed E-state index contributed by atoms with van der Waals surface area (Å²) >= 11 is 0. The van der Waals surface area contributed by atoms with E-state index in [1.165, 1.54) is 25.3 Å². The van der Waals surface area contributed by atoms with Crippen LogP contribution in [0.2, 0.25) is 0 Å². The fourth-order valence-corrected chi connectivity index (χ4v) is 5.36. The number of carbonyl (C=O) groups excluding carboxylic acids is 1. The van der Waals surface area contributed by atoms with E-state index >= 15 is 0 Å². The molecule has 0 saturated heterocycles. The zero-order valence-electron chi connectivity index (χ0n) is 23.7. The zero-order valence-corrected chi connectivity index (χ0v) is 23.7. The van der Waals surface area contributed by atoms with Crippen molar-refractivity contribution in [3.05, 3.63) is 119 Å². The van der Waals surface area contributed by atoms with Crippen molar-refractivity contribution >= 4 is 5.78 Å². The van der Waals surface area contributed by atoms with E-state index in [0.717, 1.165) is 11.1 Å². The van der Waals surface area contributed by atoms with Crippen molar-refractivity contribution in [3.63, 3.8) is 0 Å². The number of carbonyl (C=O) groups is 1. The van der Waals surface area contributed by atoms with E-state index in [1.54, 1.807) is 48.5 Å². The molecule has 8 nitrogen and oxygen atoms in total. The Morgan fingerprint density at radius 2 is 1.51 bits per heavy atom. The van der Waals surface area contributed by atoms with Crippen molar-refractivity contribution in [1.29, 1.82) is 0 Å². The number of benzene rings is 4. The van der Waals surface area contributed by atoms with Crippen LogP contribution in [-0.4, -0.2) is 44.5 Å². The summed E-state index contributed by atoms with van der Waals surface area (Å²) in [5.41, 5.74) is 3.00. The molecule has 5 N–H and O–H groups in total. The zero-order chi connectivity index (χ0) is 30.5. The summed E-state index contributed by atoms with van der Waals surface area (Å²) in [7, 11) is 1.42. The predicted octanol–water partition coefficient (Wildman–Crippen LogP) is 6.30. The number of phenols is 4. The number of Topliss-reactive ketones (excluding diaryl/α,β-unsaturated/α-hetero) is 1. The first-order chi connectivity index (χ1) is 20.7. The molecule has 3 unspecified atom stereocenters. The van der Waals surface area contributed by atoms with Gasteiger partial charge in [-0.15, -0.1) is 0 Å². The molecule has 4 aromatic carbocycles. The number of aryl methyl sites for hydroxylation is 1. The number of allylic oxidation sites excluding steroid dienone is 1. The van der Waals surface area contributed by atoms with Crippen LogP contribution < -0.4 is 9.47 Å². The lowest BCUT2D eigenvalue weighted by atomic mass is 9.85. The largest absolute Gasteiger partial charge is 0.508 e. The molecule has 1 heterocycles. The molecule has 0 amide bonds. The second-order valence-electron chi connectivity index (χ2n) is 10.6. The number of ether oxygens (including phenoxy) is 2. The first kappa shape index (κ1) is 29.5. The number of aromatic hydroxyl groups is 4. The lowest BCUT2D eigenvalue weighted by molar-refractivity contribution is 0.0841. The van der Waals surface area contributed by atoms with Gasteiger partial charge in [0.15, 0.2) is 5.78 Å². The Morgan fingerprint density at radius 3 is 2.14 bits per heavy atom. The topological polar surface area (TPSA) is 137 Å². The van der Waals surface area contributed by atoms with Crippen LogP contribution in [0.25, 0.3) is 0 Å². The monoisotopic (exact) mass is 582 g/mol. The Hall–Kier alpha value is -4.95. The molecular weight excluding hydrogens is 548 g/mol. The van der Waals surface area contributed by atoms with Crippen LogP contribution >= 0.6 is 0 Å². The SMILES string of the molecule is COc1cc(O)c(C(/C=C/CC(O)CCc2ccc(O)cc2)c2ccc(O)cc2)c2c1C(=O)CC(c1ccc(O)cc1)O2. The summed E-state index contributed by atoms with van der Waals surface area (Å²) in [6, 6.07) is 21.2. The fraction of sp³-hybridized carbons (Fsp3) is 0.229. The van der Waals surface area contributed by atoms with Crippen molar-refractivity contribution in [1.82, 2.24) is 0 Å². The highest BCUT2D eigenvalue weighted by Gasteiger charge is 2.36. The molecule has 4 aromatic rings. The summed E-state index contributed by atoms with van der Waals surface area (Å²) in [5.74, 6) is -0.191. The number of aliphatic hydroxyl groups is 1. The van der Waals surface area contributed by atoms with E-state index in [9.17, 15) is 30.3 Å². The maximum atomic E-state index is 13.5. The Morgan fingerprint density at radius 1 is 0.907 bits per heavy atom. The van der Waals surface area contributed by atoms with E-state index < -0.39 is 18.1 Å². The number of aliphatic hydroxyl groups excluding tert-OH is 1. The number of hydrogen-bond donors (Lipinski definition) is 5. The van der Waals surface area contributed by atoms with Gasteiger partial charge < -0.3 is 35.0 Å². The lowest BCUT2D eigenvalue weighted by Crippen LogP contribution is -2.23. The van der Waals surface area contributed by atoms with Gasteiger partial charge in [-0.25, -0.2) is 0 Å². The summed E-state index contributed by atoms with van der Waals surface area (Å²) < 4.78 is 11.9. The highest BCUT2D eigenvalue weighted by Crippen LogP contribution is 2.50. The number of rotatable bonds is 10. The van der Waals surface area contributed by atoms with Crippen molar-refractivity contribution in [2.45, 2.75) is 43.8 Å². The van der Waals surface area contributed by atoms with Crippen LogP contribution in [0.3, 0.4) is 0 Å². The Bertz CT molecular complexity index is 1590. The van der Waals surface area contributed by atoms with E-state index in [-0.39, 0.29) is 52.3 Å². The van der Waals surface area contributed by atoms with E-state index in [1.807, 2.05) is 24.3 Å². The first-order valence-electron chi connectivity index (χ1n) is 14.1. The number of hydrogen-bond acceptors (Lipinski definition) is 8. The molecule has 0 fully saturated rings. The second-order valence-corrected chi connectivity index (χ2v) is 10.6. The Balaban J connectivity index is 1.49. The summed E-state index contributed by atoms with van der Waals surface area (Å²) in [5, 5.41) is 51.2. The van der Waals surface area contributed by atoms with Gasteiger partial charge in [-0.2, -0.15) is 0 Å².